The zero-order chi connectivity index (χ0) is 13.4. The minimum atomic E-state index is 0. The fraction of sp³-hybridized carbons (Fsp3) is 0.533. The van der Waals surface area contributed by atoms with Gasteiger partial charge in [0.2, 0.25) is 5.91 Å². The molecule has 4 heteroatoms. The normalized spacial score (nSPS) is 13.2. The number of rotatable bonds is 7. The molecule has 1 aromatic carbocycles. The van der Waals surface area contributed by atoms with E-state index in [2.05, 4.69) is 36.6 Å². The third kappa shape index (κ3) is 6.60. The SMILES string of the molecule is CNCCCC(=O)NC(C)C(C)c1ccccc1.Cl. The third-order valence-corrected chi connectivity index (χ3v) is 3.29. The molecule has 0 heterocycles. The molecule has 0 aliphatic heterocycles. The molecule has 0 spiro atoms. The van der Waals surface area contributed by atoms with E-state index in [4.69, 9.17) is 0 Å². The second kappa shape index (κ2) is 9.82. The smallest absolute Gasteiger partial charge is 0.220 e. The number of halogens is 1. The molecule has 1 rings (SSSR count). The van der Waals surface area contributed by atoms with Gasteiger partial charge in [-0.25, -0.2) is 0 Å². The predicted molar refractivity (Wildman–Crippen MR) is 82.9 cm³/mol. The van der Waals surface area contributed by atoms with Crippen molar-refractivity contribution in [2.75, 3.05) is 13.6 Å². The van der Waals surface area contributed by atoms with Gasteiger partial charge in [0.05, 0.1) is 0 Å². The monoisotopic (exact) mass is 284 g/mol. The summed E-state index contributed by atoms with van der Waals surface area (Å²) in [6, 6.07) is 10.5. The molecule has 0 radical (unpaired) electrons. The summed E-state index contributed by atoms with van der Waals surface area (Å²) in [6.45, 7) is 5.09. The van der Waals surface area contributed by atoms with Crippen molar-refractivity contribution in [1.82, 2.24) is 10.6 Å². The Morgan fingerprint density at radius 3 is 2.42 bits per heavy atom. The zero-order valence-electron chi connectivity index (χ0n) is 12.0. The first kappa shape index (κ1) is 17.9. The highest BCUT2D eigenvalue weighted by Crippen LogP contribution is 2.18. The summed E-state index contributed by atoms with van der Waals surface area (Å²) in [6.07, 6.45) is 1.47. The molecule has 19 heavy (non-hydrogen) atoms. The van der Waals surface area contributed by atoms with Crippen LogP contribution in [0.25, 0.3) is 0 Å². The van der Waals surface area contributed by atoms with Crippen LogP contribution in [0.1, 0.15) is 38.2 Å². The van der Waals surface area contributed by atoms with Gasteiger partial charge in [0.15, 0.2) is 0 Å². The average Bonchev–Trinajstić information content (AvgIpc) is 2.39. The molecule has 0 aromatic heterocycles. The van der Waals surface area contributed by atoms with E-state index in [1.165, 1.54) is 5.56 Å². The van der Waals surface area contributed by atoms with Crippen molar-refractivity contribution in [3.63, 3.8) is 0 Å². The van der Waals surface area contributed by atoms with Crippen molar-refractivity contribution in [1.29, 1.82) is 0 Å². The van der Waals surface area contributed by atoms with Crippen LogP contribution in [-0.4, -0.2) is 25.5 Å². The summed E-state index contributed by atoms with van der Waals surface area (Å²) < 4.78 is 0. The molecule has 3 nitrogen and oxygen atoms in total. The number of hydrogen-bond donors (Lipinski definition) is 2. The Hall–Kier alpha value is -1.06. The fourth-order valence-corrected chi connectivity index (χ4v) is 1.92. The maximum atomic E-state index is 11.7. The van der Waals surface area contributed by atoms with E-state index in [1.54, 1.807) is 0 Å². The Labute approximate surface area is 122 Å². The van der Waals surface area contributed by atoms with Crippen LogP contribution in [0.3, 0.4) is 0 Å². The average molecular weight is 285 g/mol. The topological polar surface area (TPSA) is 41.1 Å². The van der Waals surface area contributed by atoms with Crippen molar-refractivity contribution in [3.05, 3.63) is 35.9 Å². The third-order valence-electron chi connectivity index (χ3n) is 3.29. The van der Waals surface area contributed by atoms with Gasteiger partial charge in [-0.05, 0) is 32.5 Å². The molecule has 0 saturated heterocycles. The van der Waals surface area contributed by atoms with Crippen molar-refractivity contribution in [3.8, 4) is 0 Å². The van der Waals surface area contributed by atoms with Crippen LogP contribution >= 0.6 is 12.4 Å². The number of carbonyl (C=O) groups excluding carboxylic acids is 1. The van der Waals surface area contributed by atoms with Gasteiger partial charge in [-0.1, -0.05) is 37.3 Å². The van der Waals surface area contributed by atoms with Gasteiger partial charge in [0.25, 0.3) is 0 Å². The Balaban J connectivity index is 0.00000324. The second-order valence-electron chi connectivity index (χ2n) is 4.76. The second-order valence-corrected chi connectivity index (χ2v) is 4.76. The lowest BCUT2D eigenvalue weighted by Crippen LogP contribution is -2.36. The number of benzene rings is 1. The molecular weight excluding hydrogens is 260 g/mol. The molecule has 2 atom stereocenters. The first-order chi connectivity index (χ1) is 8.65. The van der Waals surface area contributed by atoms with E-state index in [0.29, 0.717) is 12.3 Å². The molecule has 2 unspecified atom stereocenters. The van der Waals surface area contributed by atoms with Crippen LogP contribution in [0.4, 0.5) is 0 Å². The minimum absolute atomic E-state index is 0. The highest BCUT2D eigenvalue weighted by atomic mass is 35.5. The van der Waals surface area contributed by atoms with Crippen molar-refractivity contribution in [2.45, 2.75) is 38.6 Å². The quantitative estimate of drug-likeness (QED) is 0.756. The van der Waals surface area contributed by atoms with Crippen LogP contribution < -0.4 is 10.6 Å². The Morgan fingerprint density at radius 2 is 1.84 bits per heavy atom. The lowest BCUT2D eigenvalue weighted by molar-refractivity contribution is -0.121. The molecule has 1 amide bonds. The largest absolute Gasteiger partial charge is 0.353 e. The molecule has 0 aliphatic rings. The summed E-state index contributed by atoms with van der Waals surface area (Å²) in [4.78, 5) is 11.7. The van der Waals surface area contributed by atoms with Crippen molar-refractivity contribution in [2.24, 2.45) is 0 Å². The van der Waals surface area contributed by atoms with Gasteiger partial charge in [-0.2, -0.15) is 0 Å². The van der Waals surface area contributed by atoms with Crippen LogP contribution in [-0.2, 0) is 4.79 Å². The summed E-state index contributed by atoms with van der Waals surface area (Å²) in [7, 11) is 1.90. The molecule has 108 valence electrons. The number of amides is 1. The highest BCUT2D eigenvalue weighted by molar-refractivity contribution is 5.85. The van der Waals surface area contributed by atoms with Gasteiger partial charge in [-0.15, -0.1) is 12.4 Å². The van der Waals surface area contributed by atoms with E-state index in [9.17, 15) is 4.79 Å². The Kier molecular flexibility index (Phi) is 9.27. The lowest BCUT2D eigenvalue weighted by atomic mass is 9.94. The van der Waals surface area contributed by atoms with E-state index in [-0.39, 0.29) is 24.4 Å². The maximum Gasteiger partial charge on any atom is 0.220 e. The first-order valence-corrected chi connectivity index (χ1v) is 6.64. The number of nitrogens with one attached hydrogen (secondary N) is 2. The summed E-state index contributed by atoms with van der Waals surface area (Å²) in [5.74, 6) is 0.472. The van der Waals surface area contributed by atoms with Crippen LogP contribution in [0.15, 0.2) is 30.3 Å². The molecule has 0 saturated carbocycles. The van der Waals surface area contributed by atoms with Crippen LogP contribution in [0.5, 0.6) is 0 Å². The Morgan fingerprint density at radius 1 is 1.21 bits per heavy atom. The van der Waals surface area contributed by atoms with E-state index in [1.807, 2.05) is 25.2 Å². The summed E-state index contributed by atoms with van der Waals surface area (Å²) in [5, 5.41) is 6.12. The maximum absolute atomic E-state index is 11.7. The van der Waals surface area contributed by atoms with Gasteiger partial charge < -0.3 is 10.6 Å². The fourth-order valence-electron chi connectivity index (χ4n) is 1.92. The van der Waals surface area contributed by atoms with E-state index in [0.717, 1.165) is 13.0 Å². The molecular formula is C15H25ClN2O. The standard InChI is InChI=1S/C15H24N2O.ClH/c1-12(14-8-5-4-6-9-14)13(2)17-15(18)10-7-11-16-3;/h4-6,8-9,12-13,16H,7,10-11H2,1-3H3,(H,17,18);1H. The van der Waals surface area contributed by atoms with Gasteiger partial charge in [0, 0.05) is 18.4 Å². The molecule has 0 bridgehead atoms. The highest BCUT2D eigenvalue weighted by Gasteiger charge is 2.15. The first-order valence-electron chi connectivity index (χ1n) is 6.64. The zero-order valence-corrected chi connectivity index (χ0v) is 12.8. The number of carbonyl (C=O) groups is 1. The van der Waals surface area contributed by atoms with Gasteiger partial charge >= 0.3 is 0 Å². The lowest BCUT2D eigenvalue weighted by Gasteiger charge is -2.21. The molecule has 0 fully saturated rings. The van der Waals surface area contributed by atoms with E-state index < -0.39 is 0 Å². The minimum Gasteiger partial charge on any atom is -0.353 e. The number of hydrogen-bond acceptors (Lipinski definition) is 2. The summed E-state index contributed by atoms with van der Waals surface area (Å²) in [5.41, 5.74) is 1.26. The van der Waals surface area contributed by atoms with Crippen molar-refractivity contribution >= 4 is 18.3 Å². The predicted octanol–water partition coefficient (Wildman–Crippen LogP) is 2.72. The van der Waals surface area contributed by atoms with E-state index >= 15 is 0 Å². The van der Waals surface area contributed by atoms with Gasteiger partial charge in [0.1, 0.15) is 0 Å². The molecule has 1 aromatic rings. The van der Waals surface area contributed by atoms with Crippen molar-refractivity contribution < 1.29 is 4.79 Å². The molecule has 2 N–H and O–H groups in total. The summed E-state index contributed by atoms with van der Waals surface area (Å²) >= 11 is 0. The van der Waals surface area contributed by atoms with Gasteiger partial charge in [-0.3, -0.25) is 4.79 Å². The molecule has 0 aliphatic carbocycles. The Bertz CT molecular complexity index is 356. The van der Waals surface area contributed by atoms with Crippen LogP contribution in [0, 0.1) is 0 Å². The van der Waals surface area contributed by atoms with Crippen LogP contribution in [0.2, 0.25) is 0 Å².